The molecule has 0 aliphatic heterocycles. The Balaban J connectivity index is 2.37. The van der Waals surface area contributed by atoms with Gasteiger partial charge in [-0.05, 0) is 18.2 Å². The van der Waals surface area contributed by atoms with Crippen LogP contribution in [-0.2, 0) is 0 Å². The van der Waals surface area contributed by atoms with E-state index in [1.807, 2.05) is 24.3 Å². The molecule has 0 atom stereocenters. The second kappa shape index (κ2) is 3.64. The third kappa shape index (κ3) is 1.57. The van der Waals surface area contributed by atoms with Gasteiger partial charge in [-0.2, -0.15) is 10.4 Å². The fraction of sp³-hybridized carbons (Fsp3) is 0.0909. The van der Waals surface area contributed by atoms with Gasteiger partial charge in [0.05, 0.1) is 24.2 Å². The lowest BCUT2D eigenvalue weighted by Crippen LogP contribution is -1.74. The van der Waals surface area contributed by atoms with Gasteiger partial charge in [0.25, 0.3) is 0 Å². The second-order valence-electron chi connectivity index (χ2n) is 2.81. The summed E-state index contributed by atoms with van der Waals surface area (Å²) < 4.78 is 0. The highest BCUT2D eigenvalue weighted by molar-refractivity contribution is 5.79. The smallest absolute Gasteiger partial charge is 0.0966 e. The number of nitrogens with zero attached hydrogens (tertiary/aromatic N) is 2. The van der Waals surface area contributed by atoms with Crippen molar-refractivity contribution < 1.29 is 0 Å². The lowest BCUT2D eigenvalue weighted by Gasteiger charge is -1.89. The summed E-state index contributed by atoms with van der Waals surface area (Å²) in [5, 5.41) is 16.2. The molecule has 1 aromatic heterocycles. The van der Waals surface area contributed by atoms with Gasteiger partial charge < -0.3 is 0 Å². The third-order valence-corrected chi connectivity index (χ3v) is 1.84. The van der Waals surface area contributed by atoms with Crippen LogP contribution in [0, 0.1) is 23.2 Å². The van der Waals surface area contributed by atoms with E-state index in [4.69, 9.17) is 5.26 Å². The van der Waals surface area contributed by atoms with E-state index in [1.54, 1.807) is 6.20 Å². The predicted octanol–water partition coefficient (Wildman–Crippen LogP) is 1.83. The van der Waals surface area contributed by atoms with Crippen LogP contribution in [-0.4, -0.2) is 10.2 Å². The zero-order valence-corrected chi connectivity index (χ0v) is 7.41. The van der Waals surface area contributed by atoms with Gasteiger partial charge in [-0.25, -0.2) is 0 Å². The number of hydrogen-bond donors (Lipinski definition) is 1. The average molecular weight is 181 g/mol. The summed E-state index contributed by atoms with van der Waals surface area (Å²) >= 11 is 0. The van der Waals surface area contributed by atoms with E-state index in [-0.39, 0.29) is 6.42 Å². The predicted molar refractivity (Wildman–Crippen MR) is 53.2 cm³/mol. The van der Waals surface area contributed by atoms with Gasteiger partial charge in [-0.1, -0.05) is 11.8 Å². The maximum atomic E-state index is 8.31. The lowest BCUT2D eigenvalue weighted by atomic mass is 10.2. The number of H-pyrrole nitrogens is 1. The molecule has 0 spiro atoms. The lowest BCUT2D eigenvalue weighted by molar-refractivity contribution is 1.12. The Morgan fingerprint density at radius 2 is 2.36 bits per heavy atom. The topological polar surface area (TPSA) is 52.5 Å². The van der Waals surface area contributed by atoms with E-state index in [0.717, 1.165) is 16.5 Å². The molecule has 0 aliphatic rings. The number of rotatable bonds is 0. The van der Waals surface area contributed by atoms with Crippen molar-refractivity contribution >= 4 is 10.9 Å². The van der Waals surface area contributed by atoms with Crippen molar-refractivity contribution in [1.29, 1.82) is 5.26 Å². The normalized spacial score (nSPS) is 9.07. The first-order valence-corrected chi connectivity index (χ1v) is 4.19. The van der Waals surface area contributed by atoms with E-state index in [9.17, 15) is 0 Å². The number of aromatic amines is 1. The molecular weight excluding hydrogens is 174 g/mol. The largest absolute Gasteiger partial charge is 0.278 e. The number of benzene rings is 1. The van der Waals surface area contributed by atoms with Crippen LogP contribution in [0.5, 0.6) is 0 Å². The Morgan fingerprint density at radius 1 is 1.43 bits per heavy atom. The van der Waals surface area contributed by atoms with E-state index < -0.39 is 0 Å². The molecule has 0 bridgehead atoms. The van der Waals surface area contributed by atoms with Crippen molar-refractivity contribution in [2.24, 2.45) is 0 Å². The molecule has 14 heavy (non-hydrogen) atoms. The SMILES string of the molecule is N#CCC#Cc1ccc2cn[nH]c2c1. The molecular formula is C11H7N3. The molecule has 0 radical (unpaired) electrons. The van der Waals surface area contributed by atoms with Crippen LogP contribution in [0.4, 0.5) is 0 Å². The minimum Gasteiger partial charge on any atom is -0.278 e. The fourth-order valence-electron chi connectivity index (χ4n) is 1.20. The molecule has 3 heteroatoms. The highest BCUT2D eigenvalue weighted by atomic mass is 15.1. The van der Waals surface area contributed by atoms with Gasteiger partial charge in [0.15, 0.2) is 0 Å². The van der Waals surface area contributed by atoms with E-state index in [1.165, 1.54) is 0 Å². The summed E-state index contributed by atoms with van der Waals surface area (Å²) in [5.41, 5.74) is 1.87. The van der Waals surface area contributed by atoms with Gasteiger partial charge >= 0.3 is 0 Å². The molecule has 0 aliphatic carbocycles. The molecule has 0 unspecified atom stereocenters. The molecule has 1 heterocycles. The molecule has 0 saturated heterocycles. The minimum absolute atomic E-state index is 0.265. The van der Waals surface area contributed by atoms with Crippen LogP contribution >= 0.6 is 0 Å². The second-order valence-corrected chi connectivity index (χ2v) is 2.81. The molecule has 2 aromatic rings. The summed E-state index contributed by atoms with van der Waals surface area (Å²) in [6, 6.07) is 7.77. The number of hydrogen-bond acceptors (Lipinski definition) is 2. The Bertz CT molecular complexity index is 549. The standard InChI is InChI=1S/C11H7N3/c12-6-2-1-3-9-4-5-10-8-13-14-11(10)7-9/h4-5,7-8H,2H2,(H,13,14). The maximum absolute atomic E-state index is 8.31. The molecule has 3 nitrogen and oxygen atoms in total. The highest BCUT2D eigenvalue weighted by Crippen LogP contribution is 2.11. The summed E-state index contributed by atoms with van der Waals surface area (Å²) in [5.74, 6) is 5.67. The molecule has 0 saturated carbocycles. The Hall–Kier alpha value is -2.26. The summed E-state index contributed by atoms with van der Waals surface area (Å²) in [6.07, 6.45) is 2.03. The first-order chi connectivity index (χ1) is 6.90. The Morgan fingerprint density at radius 3 is 3.21 bits per heavy atom. The van der Waals surface area contributed by atoms with Gasteiger partial charge in [0.2, 0.25) is 0 Å². The van der Waals surface area contributed by atoms with Gasteiger partial charge in [0.1, 0.15) is 0 Å². The van der Waals surface area contributed by atoms with Crippen LogP contribution < -0.4 is 0 Å². The van der Waals surface area contributed by atoms with Crippen LogP contribution in [0.3, 0.4) is 0 Å². The van der Waals surface area contributed by atoms with E-state index in [2.05, 4.69) is 22.0 Å². The summed E-state index contributed by atoms with van der Waals surface area (Å²) in [6.45, 7) is 0. The van der Waals surface area contributed by atoms with Crippen LogP contribution in [0.15, 0.2) is 24.4 Å². The summed E-state index contributed by atoms with van der Waals surface area (Å²) in [4.78, 5) is 0. The minimum atomic E-state index is 0.265. The van der Waals surface area contributed by atoms with Crippen molar-refractivity contribution in [2.75, 3.05) is 0 Å². The zero-order chi connectivity index (χ0) is 9.80. The monoisotopic (exact) mass is 181 g/mol. The number of fused-ring (bicyclic) bond motifs is 1. The molecule has 1 aromatic carbocycles. The van der Waals surface area contributed by atoms with Crippen molar-refractivity contribution in [1.82, 2.24) is 10.2 Å². The Labute approximate surface area is 81.4 Å². The third-order valence-electron chi connectivity index (χ3n) is 1.84. The quantitative estimate of drug-likeness (QED) is 0.630. The van der Waals surface area contributed by atoms with Gasteiger partial charge in [0, 0.05) is 10.9 Å². The van der Waals surface area contributed by atoms with E-state index >= 15 is 0 Å². The molecule has 0 amide bonds. The first kappa shape index (κ1) is 8.34. The van der Waals surface area contributed by atoms with Crippen LogP contribution in [0.25, 0.3) is 10.9 Å². The number of nitrogens with one attached hydrogen (secondary N) is 1. The van der Waals surface area contributed by atoms with Crippen molar-refractivity contribution in [3.63, 3.8) is 0 Å². The average Bonchev–Trinajstić information content (AvgIpc) is 2.65. The van der Waals surface area contributed by atoms with Crippen molar-refractivity contribution in [3.05, 3.63) is 30.0 Å². The van der Waals surface area contributed by atoms with Crippen molar-refractivity contribution in [2.45, 2.75) is 6.42 Å². The van der Waals surface area contributed by atoms with Gasteiger partial charge in [-0.15, -0.1) is 0 Å². The zero-order valence-electron chi connectivity index (χ0n) is 7.41. The number of nitriles is 1. The highest BCUT2D eigenvalue weighted by Gasteiger charge is 1.94. The van der Waals surface area contributed by atoms with Crippen molar-refractivity contribution in [3.8, 4) is 17.9 Å². The van der Waals surface area contributed by atoms with Gasteiger partial charge in [-0.3, -0.25) is 5.10 Å². The maximum Gasteiger partial charge on any atom is 0.0966 e. The molecule has 1 N–H and O–H groups in total. The summed E-state index contributed by atoms with van der Waals surface area (Å²) in [7, 11) is 0. The fourth-order valence-corrected chi connectivity index (χ4v) is 1.20. The number of aromatic nitrogens is 2. The van der Waals surface area contributed by atoms with Crippen LogP contribution in [0.2, 0.25) is 0 Å². The molecule has 0 fully saturated rings. The Kier molecular flexibility index (Phi) is 2.17. The molecule has 66 valence electrons. The molecule has 2 rings (SSSR count). The van der Waals surface area contributed by atoms with E-state index in [0.29, 0.717) is 0 Å². The first-order valence-electron chi connectivity index (χ1n) is 4.19. The van der Waals surface area contributed by atoms with Crippen LogP contribution in [0.1, 0.15) is 12.0 Å².